The summed E-state index contributed by atoms with van der Waals surface area (Å²) in [4.78, 5) is 115. The number of carboxylic acid groups (broad SMARTS) is 1. The van der Waals surface area contributed by atoms with Gasteiger partial charge in [-0.2, -0.15) is 0 Å². The Kier molecular flexibility index (Phi) is 19.0. The largest absolute Gasteiger partial charge is 0.350 e. The van der Waals surface area contributed by atoms with Crippen molar-refractivity contribution in [2.75, 3.05) is 20.1 Å². The van der Waals surface area contributed by atoms with Crippen LogP contribution in [-0.4, -0.2) is 118 Å². The number of guanidine groups is 1. The molecule has 0 radical (unpaired) electrons. The van der Waals surface area contributed by atoms with Crippen LogP contribution < -0.4 is 46.8 Å². The Balaban J connectivity index is 2.00. The molecule has 3 rings (SSSR count). The molecule has 0 fully saturated rings. The molecule has 0 aliphatic carbocycles. The van der Waals surface area contributed by atoms with Gasteiger partial charge < -0.3 is 42.7 Å². The zero-order chi connectivity index (χ0) is 46.1. The zero-order valence-corrected chi connectivity index (χ0v) is 36.0. The number of likely N-dealkylation sites (N-methyl/N-ethyl adjacent to an activating group) is 1. The molecule has 4 atom stereocenters. The number of aromatic nitrogens is 1. The van der Waals surface area contributed by atoms with Crippen LogP contribution in [0.1, 0.15) is 71.4 Å². The van der Waals surface area contributed by atoms with Gasteiger partial charge in [-0.15, -0.1) is 0 Å². The molecule has 1 aromatic heterocycles. The fourth-order valence-electron chi connectivity index (χ4n) is 6.05. The van der Waals surface area contributed by atoms with Crippen LogP contribution in [0.3, 0.4) is 0 Å². The van der Waals surface area contributed by atoms with E-state index in [1.165, 1.54) is 43.6 Å². The monoisotopic (exact) mass is 945 g/mol. The van der Waals surface area contributed by atoms with Crippen LogP contribution in [0.5, 0.6) is 0 Å². The van der Waals surface area contributed by atoms with Crippen LogP contribution in [0.25, 0.3) is 0 Å². The Hall–Kier alpha value is -6.90. The van der Waals surface area contributed by atoms with Crippen LogP contribution in [0.15, 0.2) is 59.0 Å². The number of aliphatic hydroxyl groups excluding tert-OH is 1. The van der Waals surface area contributed by atoms with Crippen molar-refractivity contribution < 1.29 is 67.3 Å². The molecule has 1 aliphatic heterocycles. The van der Waals surface area contributed by atoms with Gasteiger partial charge in [0.1, 0.15) is 18.1 Å². The number of benzene rings is 1. The van der Waals surface area contributed by atoms with Gasteiger partial charge >= 0.3 is 129 Å². The Morgan fingerprint density at radius 2 is 1.76 bits per heavy atom. The standard InChI is InChI=1S/C38H50N13O10.Tc/c1-19(2)31-37(61)51(4)27(6-5-9-42-38(39)40)36(60)46-18-29(53)47-25(10-20(3)52)34(58)44-15-21-11-22(13-24(12-21)33(57)49-31)16-45-35(59)26(14-30(54)55)48-32(56)23-7-8-28(50-41)43-17-23;/h7-8,11-13,17,19,25-27,31,52H,3,5-6,9-10,14-16,18H2,1-2,4H3,(H,44,58)(H,45,59)(H,46,60)(H,47,53)(H,48,56)(H,49,57)(H,54,55)(H4,39,40,42);/q-1;+2/t25-,26+,27-,31+;/m0./s1. The quantitative estimate of drug-likeness (QED) is 0.0235. The van der Waals surface area contributed by atoms with E-state index < -0.39 is 103 Å². The van der Waals surface area contributed by atoms with Gasteiger partial charge in [-0.25, -0.2) is 0 Å². The Bertz CT molecular complexity index is 2120. The number of nitrogens with two attached hydrogens (primary N) is 2. The maximum Gasteiger partial charge on any atom is 0.243 e. The molecule has 0 unspecified atom stereocenters. The third-order valence-corrected chi connectivity index (χ3v) is 9.37. The summed E-state index contributed by atoms with van der Waals surface area (Å²) in [5.41, 5.74) is 11.5. The summed E-state index contributed by atoms with van der Waals surface area (Å²) in [6, 6.07) is 1.86. The molecule has 0 spiro atoms. The summed E-state index contributed by atoms with van der Waals surface area (Å²) in [7, 11) is 1.37. The van der Waals surface area contributed by atoms with E-state index in [0.717, 1.165) is 4.90 Å². The molecule has 333 valence electrons. The number of hydrogen-bond donors (Lipinski definition) is 10. The molecule has 2 heterocycles. The van der Waals surface area contributed by atoms with Crippen molar-refractivity contribution in [2.24, 2.45) is 27.5 Å². The summed E-state index contributed by atoms with van der Waals surface area (Å²) < 4.78 is 3.57. The summed E-state index contributed by atoms with van der Waals surface area (Å²) >= 11 is 1.65. The van der Waals surface area contributed by atoms with E-state index >= 15 is 0 Å². The Labute approximate surface area is 366 Å². The molecule has 2 aromatic rings. The molecule has 62 heavy (non-hydrogen) atoms. The third-order valence-electron chi connectivity index (χ3n) is 9.18. The molecular formula is C38H50N13O10Tc+. The van der Waals surface area contributed by atoms with Gasteiger partial charge in [0.25, 0.3) is 5.91 Å². The molecule has 2 bridgehead atoms. The number of fused-ring (bicyclic) bond motifs is 2. The summed E-state index contributed by atoms with van der Waals surface area (Å²) in [5.74, 6) is -7.63. The first kappa shape index (κ1) is 49.5. The van der Waals surface area contributed by atoms with Crippen LogP contribution in [0.4, 0.5) is 5.82 Å². The summed E-state index contributed by atoms with van der Waals surface area (Å²) in [5, 5.41) is 38.4. The van der Waals surface area contributed by atoms with E-state index in [-0.39, 0.29) is 60.9 Å². The van der Waals surface area contributed by atoms with Crippen molar-refractivity contribution in [3.05, 3.63) is 71.1 Å². The number of nitrogens with zero attached hydrogens (tertiary/aromatic N) is 5. The first-order valence-electron chi connectivity index (χ1n) is 19.0. The van der Waals surface area contributed by atoms with Gasteiger partial charge in [0.15, 0.2) is 5.96 Å². The first-order valence-corrected chi connectivity index (χ1v) is 19.9. The second-order valence-electron chi connectivity index (χ2n) is 14.4. The second kappa shape index (κ2) is 23.8. The van der Waals surface area contributed by atoms with Crippen LogP contribution in [-0.2, 0) is 60.6 Å². The van der Waals surface area contributed by atoms with Crippen LogP contribution in [0.2, 0.25) is 0 Å². The molecular weight excluding hydrogens is 896 g/mol. The first-order chi connectivity index (χ1) is 29.3. The minimum Gasteiger partial charge on any atom is -0.350 e. The predicted molar refractivity (Wildman–Crippen MR) is 216 cm³/mol. The van der Waals surface area contributed by atoms with E-state index in [2.05, 4.69) is 57.0 Å². The topological polar surface area (TPSA) is 356 Å². The fraction of sp³-hybridized carbons (Fsp3) is 0.421. The van der Waals surface area contributed by atoms with Gasteiger partial charge in [-0.3, -0.25) is 29.0 Å². The third kappa shape index (κ3) is 15.6. The molecule has 0 saturated heterocycles. The number of nitrogens with one attached hydrogen (secondary N) is 6. The number of pyridine rings is 1. The van der Waals surface area contributed by atoms with Gasteiger partial charge in [0.2, 0.25) is 23.6 Å². The number of carbonyl (C=O) groups is 8. The molecule has 1 aliphatic rings. The van der Waals surface area contributed by atoms with Crippen LogP contribution >= 0.6 is 0 Å². The Morgan fingerprint density at radius 3 is 2.37 bits per heavy atom. The SMILES string of the molecule is C=C(O)C[C@@H]1NC(=O)CNC(=O)[C@H](CCCN=C(N)N)N(C)C(=O)[C@@H](C(C)C)NC(=O)c2cc(cc(CNC(=O)[C@@H](CC(=O)O)NC(=O)c3ccc(N=[N+]=[Tc])nc3)c2)CNC1=O. The number of aliphatic imine (C=N–C) groups is 1. The fourth-order valence-corrected chi connectivity index (χ4v) is 6.24. The molecule has 1 aromatic carbocycles. The average molecular weight is 947 g/mol. The van der Waals surface area contributed by atoms with Gasteiger partial charge in [0.05, 0.1) is 12.3 Å². The van der Waals surface area contributed by atoms with Gasteiger partial charge in [-0.05, 0) is 42.0 Å². The molecule has 23 nitrogen and oxygen atoms in total. The maximum absolute atomic E-state index is 14.1. The average Bonchev–Trinajstić information content (AvgIpc) is 3.21. The van der Waals surface area contributed by atoms with Crippen molar-refractivity contribution in [1.82, 2.24) is 45.2 Å². The van der Waals surface area contributed by atoms with Crippen molar-refractivity contribution in [2.45, 2.75) is 76.8 Å². The number of rotatable bonds is 15. The Morgan fingerprint density at radius 1 is 1.05 bits per heavy atom. The predicted octanol–water partition coefficient (Wildman–Crippen LogP) is -1.82. The number of carbonyl (C=O) groups excluding carboxylic acids is 7. The zero-order valence-electron chi connectivity index (χ0n) is 34.1. The number of hydrogen-bond acceptors (Lipinski definition) is 12. The number of amides is 7. The molecule has 0 saturated carbocycles. The number of aliphatic carboxylic acids is 1. The van der Waals surface area contributed by atoms with E-state index in [4.69, 9.17) is 11.5 Å². The van der Waals surface area contributed by atoms with E-state index in [1.807, 2.05) is 0 Å². The van der Waals surface area contributed by atoms with Crippen molar-refractivity contribution in [3.63, 3.8) is 0 Å². The van der Waals surface area contributed by atoms with Gasteiger partial charge in [0, 0.05) is 32.1 Å². The molecule has 24 heteroatoms. The number of aliphatic hydroxyl groups is 1. The molecule has 12 N–H and O–H groups in total. The minimum atomic E-state index is -1.55. The van der Waals surface area contributed by atoms with Crippen LogP contribution in [0, 0.1) is 5.92 Å². The van der Waals surface area contributed by atoms with Gasteiger partial charge in [-0.1, -0.05) is 26.5 Å². The van der Waals surface area contributed by atoms with E-state index in [1.54, 1.807) is 32.6 Å². The van der Waals surface area contributed by atoms with Crippen molar-refractivity contribution >= 4 is 59.1 Å². The van der Waals surface area contributed by atoms with E-state index in [9.17, 15) is 48.6 Å². The van der Waals surface area contributed by atoms with Crippen molar-refractivity contribution in [1.29, 1.82) is 0 Å². The smallest absolute Gasteiger partial charge is 0.243 e. The summed E-state index contributed by atoms with van der Waals surface area (Å²) in [6.45, 7) is 5.72. The van der Waals surface area contributed by atoms with Crippen molar-refractivity contribution in [3.8, 4) is 0 Å². The molecule has 7 amide bonds. The van der Waals surface area contributed by atoms with E-state index in [0.29, 0.717) is 5.56 Å². The normalized spacial score (nSPS) is 18.0. The summed E-state index contributed by atoms with van der Waals surface area (Å²) in [6.07, 6.45) is 0.280. The number of carboxylic acids is 1. The second-order valence-corrected chi connectivity index (χ2v) is 14.8. The minimum absolute atomic E-state index is 0.0132. The maximum atomic E-state index is 14.1.